The maximum absolute atomic E-state index is 12.3. The van der Waals surface area contributed by atoms with Gasteiger partial charge in [0, 0.05) is 40.6 Å². The molecule has 0 amide bonds. The Morgan fingerprint density at radius 3 is 1.65 bits per heavy atom. The first-order valence-electron chi connectivity index (χ1n) is 4.70. The minimum absolute atomic E-state index is 0. The maximum Gasteiger partial charge on any atom is 1.00 e. The molecule has 0 N–H and O–H groups in total. The van der Waals surface area contributed by atoms with Crippen LogP contribution in [-0.4, -0.2) is 28.4 Å². The Bertz CT molecular complexity index is 494. The van der Waals surface area contributed by atoms with Gasteiger partial charge in [-0.15, -0.1) is 5.82 Å². The summed E-state index contributed by atoms with van der Waals surface area (Å²) < 4.78 is 42.9. The van der Waals surface area contributed by atoms with Crippen LogP contribution in [0.4, 0.5) is 0 Å². The molecule has 0 rings (SSSR count). The first kappa shape index (κ1) is 22.8. The topological polar surface area (TPSA) is 119 Å². The van der Waals surface area contributed by atoms with E-state index in [4.69, 9.17) is 10.5 Å². The third kappa shape index (κ3) is 5.73. The molecule has 0 unspecified atom stereocenters. The fourth-order valence-corrected chi connectivity index (χ4v) is 3.71. The second-order valence-electron chi connectivity index (χ2n) is 2.88. The monoisotopic (exact) mass is 346 g/mol. The molecule has 0 saturated carbocycles. The van der Waals surface area contributed by atoms with Gasteiger partial charge in [0.25, 0.3) is 7.60 Å². The van der Waals surface area contributed by atoms with Crippen molar-refractivity contribution in [3.05, 3.63) is 17.0 Å². The molecule has 0 aliphatic heterocycles. The van der Waals surface area contributed by atoms with E-state index < -0.39 is 26.4 Å². The summed E-state index contributed by atoms with van der Waals surface area (Å²) in [4.78, 5) is 0. The summed E-state index contributed by atoms with van der Waals surface area (Å²) in [6.45, 7) is 0. The van der Waals surface area contributed by atoms with Crippen molar-refractivity contribution in [2.75, 3.05) is 28.4 Å². The van der Waals surface area contributed by atoms with E-state index in [9.17, 15) is 9.13 Å². The van der Waals surface area contributed by atoms with E-state index >= 15 is 0 Å². The van der Waals surface area contributed by atoms with Gasteiger partial charge in [0.05, 0.1) is 0 Å². The van der Waals surface area contributed by atoms with Crippen molar-refractivity contribution in [2.24, 2.45) is 0 Å². The molecule has 0 radical (unpaired) electrons. The summed E-state index contributed by atoms with van der Waals surface area (Å²) in [5.74, 6) is 0.212. The van der Waals surface area contributed by atoms with Crippen molar-refractivity contribution in [2.45, 2.75) is 0 Å². The molecule has 0 aromatic carbocycles. The van der Waals surface area contributed by atoms with Crippen LogP contribution in [0.25, 0.3) is 0 Å². The Hall–Kier alpha value is 0.526. The average molecular weight is 346 g/mol. The Labute approximate surface area is 160 Å². The molecule has 0 bridgehead atoms. The Balaban J connectivity index is 0. The zero-order valence-electron chi connectivity index (χ0n) is 11.8. The van der Waals surface area contributed by atoms with Crippen molar-refractivity contribution >= 4 is 15.2 Å². The predicted octanol–water partition coefficient (Wildman–Crippen LogP) is -0.575. The number of allylic oxidation sites excluding steroid dienone is 1. The fraction of sp³-hybridized carbons (Fsp3) is 0.444. The summed E-state index contributed by atoms with van der Waals surface area (Å²) in [6.07, 6.45) is 0. The first-order valence-corrected chi connectivity index (χ1v) is 7.85. The summed E-state index contributed by atoms with van der Waals surface area (Å²) in [5, 5.41) is 17.2. The van der Waals surface area contributed by atoms with Crippen molar-refractivity contribution in [3.8, 4) is 12.1 Å². The predicted molar refractivity (Wildman–Crippen MR) is 65.8 cm³/mol. The minimum Gasteiger partial charge on any atom is -0.321 e. The van der Waals surface area contributed by atoms with Crippen molar-refractivity contribution < 1.29 is 78.6 Å². The number of hydrogen-bond acceptors (Lipinski definition) is 8. The van der Waals surface area contributed by atoms with Crippen LogP contribution in [0.3, 0.4) is 0 Å². The molecule has 0 atom stereocenters. The number of rotatable bonds is 7. The second-order valence-corrected chi connectivity index (χ2v) is 7.16. The Morgan fingerprint density at radius 2 is 1.40 bits per heavy atom. The molecule has 0 aromatic heterocycles. The van der Waals surface area contributed by atoms with E-state index in [1.165, 1.54) is 12.1 Å². The van der Waals surface area contributed by atoms with Crippen LogP contribution < -0.4 is 51.4 Å². The third-order valence-electron chi connectivity index (χ3n) is 2.04. The van der Waals surface area contributed by atoms with Gasteiger partial charge >= 0.3 is 59.0 Å². The zero-order chi connectivity index (χ0) is 15.1. The normalized spacial score (nSPS) is 12.0. The zero-order valence-corrected chi connectivity index (χ0v) is 16.7. The van der Waals surface area contributed by atoms with E-state index in [2.05, 4.69) is 18.1 Å². The number of hydrogen-bond donors (Lipinski definition) is 0. The van der Waals surface area contributed by atoms with Crippen molar-refractivity contribution in [3.63, 3.8) is 0 Å². The van der Waals surface area contributed by atoms with E-state index in [1.807, 2.05) is 0 Å². The molecule has 0 heterocycles. The molecule has 106 valence electrons. The fourth-order valence-electron chi connectivity index (χ4n) is 1.01. The van der Waals surface area contributed by atoms with Crippen LogP contribution in [0.1, 0.15) is 0 Å². The number of nitriles is 2. The third-order valence-corrected chi connectivity index (χ3v) is 5.75. The molecule has 0 fully saturated rings. The van der Waals surface area contributed by atoms with Gasteiger partial charge in [-0.25, -0.2) is 10.5 Å². The van der Waals surface area contributed by atoms with Crippen LogP contribution in [0, 0.1) is 28.6 Å². The summed E-state index contributed by atoms with van der Waals surface area (Å²) in [7, 11) is -3.39. The molecule has 0 saturated heterocycles. The van der Waals surface area contributed by atoms with Crippen LogP contribution in [0.5, 0.6) is 0 Å². The van der Waals surface area contributed by atoms with Crippen LogP contribution in [-0.2, 0) is 27.2 Å². The first-order chi connectivity index (χ1) is 8.86. The molecular weight excluding hydrogens is 333 g/mol. The molecule has 11 heteroatoms. The Morgan fingerprint density at radius 1 is 1.00 bits per heavy atom. The standard InChI is InChI=1S/C9H13N2O6P2.K/c1-14-18(12,15-2)7-9(8(5-10)6-11)19(13,16-3)17-4;/h7H,1-4H3;/q-1;+1/b9-7-;. The van der Waals surface area contributed by atoms with E-state index in [0.29, 0.717) is 0 Å². The average Bonchev–Trinajstić information content (AvgIpc) is 2.46. The maximum atomic E-state index is 12.3. The molecular formula is C9H13KN2O6P2. The minimum atomic E-state index is -3.96. The van der Waals surface area contributed by atoms with E-state index in [-0.39, 0.29) is 51.4 Å². The molecule has 0 aliphatic carbocycles. The van der Waals surface area contributed by atoms with Gasteiger partial charge in [-0.2, -0.15) is 0 Å². The van der Waals surface area contributed by atoms with Gasteiger partial charge in [-0.05, 0) is 5.92 Å². The summed E-state index contributed by atoms with van der Waals surface area (Å²) in [6, 6.07) is 3.04. The SMILES string of the molecule is COP(=O)(/C=C(/[C-](C#N)C#N)P(=O)(OC)OC)OC.[K+]. The molecule has 20 heavy (non-hydrogen) atoms. The van der Waals surface area contributed by atoms with Gasteiger partial charge in [-0.1, -0.05) is 5.31 Å². The summed E-state index contributed by atoms with van der Waals surface area (Å²) in [5.41, 5.74) is 0. The van der Waals surface area contributed by atoms with Crippen LogP contribution in [0.2, 0.25) is 0 Å². The van der Waals surface area contributed by atoms with Gasteiger partial charge in [-0.3, -0.25) is 9.13 Å². The molecule has 0 aromatic rings. The van der Waals surface area contributed by atoms with Crippen LogP contribution in [0.15, 0.2) is 11.1 Å². The Kier molecular flexibility index (Phi) is 11.7. The van der Waals surface area contributed by atoms with Crippen LogP contribution >= 0.6 is 15.2 Å². The van der Waals surface area contributed by atoms with Crippen molar-refractivity contribution in [1.29, 1.82) is 10.5 Å². The van der Waals surface area contributed by atoms with Gasteiger partial charge in [0.2, 0.25) is 0 Å². The van der Waals surface area contributed by atoms with E-state index in [1.54, 1.807) is 0 Å². The smallest absolute Gasteiger partial charge is 0.321 e. The van der Waals surface area contributed by atoms with Crippen molar-refractivity contribution in [1.82, 2.24) is 0 Å². The molecule has 8 nitrogen and oxygen atoms in total. The summed E-state index contributed by atoms with van der Waals surface area (Å²) >= 11 is 0. The van der Waals surface area contributed by atoms with Gasteiger partial charge < -0.3 is 18.1 Å². The quantitative estimate of drug-likeness (QED) is 0.341. The largest absolute Gasteiger partial charge is 1.00 e. The molecule has 0 aliphatic rings. The second kappa shape index (κ2) is 10.3. The number of nitrogens with zero attached hydrogens (tertiary/aromatic N) is 2. The van der Waals surface area contributed by atoms with E-state index in [0.717, 1.165) is 34.3 Å². The van der Waals surface area contributed by atoms with Gasteiger partial charge in [0.15, 0.2) is 0 Å². The molecule has 0 spiro atoms. The van der Waals surface area contributed by atoms with Gasteiger partial charge in [0.1, 0.15) is 0 Å².